The summed E-state index contributed by atoms with van der Waals surface area (Å²) in [6.45, 7) is 5.21. The van der Waals surface area contributed by atoms with E-state index in [0.29, 0.717) is 0 Å². The first-order valence-corrected chi connectivity index (χ1v) is 4.67. The number of carbonyl (C=O) groups excluding carboxylic acids is 1. The smallest absolute Gasteiger partial charge is 0.192 e. The highest BCUT2D eigenvalue weighted by Crippen LogP contribution is 2.25. The Morgan fingerprint density at radius 2 is 1.87 bits per heavy atom. The monoisotopic (exact) mass is 206 g/mol. The van der Waals surface area contributed by atoms with Crippen LogP contribution in [0.3, 0.4) is 0 Å². The van der Waals surface area contributed by atoms with Crippen LogP contribution in [0.4, 0.5) is 11.4 Å². The molecule has 15 heavy (non-hydrogen) atoms. The molecular formula is C11H14N2O2. The van der Waals surface area contributed by atoms with Crippen molar-refractivity contribution in [1.29, 1.82) is 0 Å². The number of hydrogen-bond acceptors (Lipinski definition) is 3. The number of rotatable bonds is 0. The third-order valence-electron chi connectivity index (χ3n) is 2.11. The van der Waals surface area contributed by atoms with E-state index < -0.39 is 5.97 Å². The highest BCUT2D eigenvalue weighted by molar-refractivity contribution is 5.72. The summed E-state index contributed by atoms with van der Waals surface area (Å²) in [5.74, 6) is -1.08. The molecule has 0 unspecified atom stereocenters. The Morgan fingerprint density at radius 1 is 1.33 bits per heavy atom. The summed E-state index contributed by atoms with van der Waals surface area (Å²) in [6, 6.07) is 4.31. The van der Waals surface area contributed by atoms with E-state index in [4.69, 9.17) is 9.90 Å². The van der Waals surface area contributed by atoms with Crippen molar-refractivity contribution in [3.05, 3.63) is 23.3 Å². The number of nitrogens with zero attached hydrogens (tertiary/aromatic N) is 1. The van der Waals surface area contributed by atoms with Crippen molar-refractivity contribution < 1.29 is 15.2 Å². The van der Waals surface area contributed by atoms with Gasteiger partial charge < -0.3 is 9.90 Å². The molecule has 1 aliphatic rings. The van der Waals surface area contributed by atoms with Crippen LogP contribution in [-0.4, -0.2) is 12.3 Å². The predicted molar refractivity (Wildman–Crippen MR) is 56.3 cm³/mol. The number of quaternary nitrogens is 1. The molecular weight excluding hydrogens is 192 g/mol. The number of fused-ring (bicyclic) bond motifs is 1. The molecule has 0 aromatic heterocycles. The highest BCUT2D eigenvalue weighted by atomic mass is 16.4. The summed E-state index contributed by atoms with van der Waals surface area (Å²) in [5, 5.41) is 10.9. The van der Waals surface area contributed by atoms with Crippen molar-refractivity contribution in [1.82, 2.24) is 0 Å². The zero-order chi connectivity index (χ0) is 11.4. The first-order chi connectivity index (χ1) is 7.00. The Morgan fingerprint density at radius 3 is 2.47 bits per heavy atom. The van der Waals surface area contributed by atoms with Crippen LogP contribution in [0.5, 0.6) is 0 Å². The summed E-state index contributed by atoms with van der Waals surface area (Å²) < 4.78 is 0. The molecule has 0 bridgehead atoms. The molecule has 0 fully saturated rings. The van der Waals surface area contributed by atoms with Gasteiger partial charge in [0.2, 0.25) is 0 Å². The Bertz CT molecular complexity index is 407. The lowest BCUT2D eigenvalue weighted by atomic mass is 10.1. The van der Waals surface area contributed by atoms with Gasteiger partial charge in [-0.2, -0.15) is 4.99 Å². The Hall–Kier alpha value is -1.68. The van der Waals surface area contributed by atoms with Crippen molar-refractivity contribution >= 4 is 23.7 Å². The number of aliphatic imine (C=N–C) groups is 1. The van der Waals surface area contributed by atoms with Crippen LogP contribution in [0.2, 0.25) is 0 Å². The lowest BCUT2D eigenvalue weighted by Gasteiger charge is -1.99. The van der Waals surface area contributed by atoms with E-state index in [2.05, 4.69) is 31.0 Å². The molecule has 0 spiro atoms. The quantitative estimate of drug-likeness (QED) is 0.603. The number of aryl methyl sites for hydroxylation is 2. The SMILES string of the molecule is CC(=O)[O-].Cc1cc2c(cc1C)[NH2+]C=N2. The van der Waals surface area contributed by atoms with Gasteiger partial charge in [-0.15, -0.1) is 0 Å². The van der Waals surface area contributed by atoms with Gasteiger partial charge >= 0.3 is 0 Å². The van der Waals surface area contributed by atoms with Gasteiger partial charge in [-0.05, 0) is 38.0 Å². The van der Waals surface area contributed by atoms with E-state index >= 15 is 0 Å². The molecule has 1 aromatic carbocycles. The molecule has 2 rings (SSSR count). The maximum absolute atomic E-state index is 8.89. The number of benzene rings is 1. The van der Waals surface area contributed by atoms with Crippen molar-refractivity contribution in [3.63, 3.8) is 0 Å². The minimum atomic E-state index is -1.08. The van der Waals surface area contributed by atoms with E-state index in [-0.39, 0.29) is 0 Å². The van der Waals surface area contributed by atoms with Crippen LogP contribution in [0, 0.1) is 13.8 Å². The molecule has 2 N–H and O–H groups in total. The Balaban J connectivity index is 0.000000245. The second kappa shape index (κ2) is 4.70. The molecule has 0 atom stereocenters. The Kier molecular flexibility index (Phi) is 3.57. The van der Waals surface area contributed by atoms with Gasteiger partial charge in [-0.3, -0.25) is 5.32 Å². The first-order valence-electron chi connectivity index (χ1n) is 4.67. The number of carboxylic acids is 1. The fourth-order valence-electron chi connectivity index (χ4n) is 1.27. The van der Waals surface area contributed by atoms with Crippen molar-refractivity contribution in [2.45, 2.75) is 20.8 Å². The molecule has 0 saturated carbocycles. The average Bonchev–Trinajstić information content (AvgIpc) is 2.51. The molecule has 80 valence electrons. The minimum absolute atomic E-state index is 0.972. The van der Waals surface area contributed by atoms with Crippen molar-refractivity contribution in [2.75, 3.05) is 0 Å². The van der Waals surface area contributed by atoms with E-state index in [9.17, 15) is 0 Å². The summed E-state index contributed by atoms with van der Waals surface area (Å²) in [6.07, 6.45) is 1.85. The van der Waals surface area contributed by atoms with Gasteiger partial charge in [-0.25, -0.2) is 0 Å². The number of carbonyl (C=O) groups is 1. The van der Waals surface area contributed by atoms with E-state index in [0.717, 1.165) is 12.6 Å². The standard InChI is InChI=1S/C9H10N2.C2H4O2/c1-6-3-8-9(4-7(6)2)11-5-10-8;1-2(3)4/h3-5H,1-2H3,(H,10,11);1H3,(H,3,4). The molecule has 4 nitrogen and oxygen atoms in total. The summed E-state index contributed by atoms with van der Waals surface area (Å²) in [7, 11) is 0. The van der Waals surface area contributed by atoms with Gasteiger partial charge in [0.15, 0.2) is 12.0 Å². The summed E-state index contributed by atoms with van der Waals surface area (Å²) in [5.41, 5.74) is 5.00. The maximum Gasteiger partial charge on any atom is 0.192 e. The van der Waals surface area contributed by atoms with E-state index in [1.54, 1.807) is 0 Å². The second-order valence-electron chi connectivity index (χ2n) is 3.43. The summed E-state index contributed by atoms with van der Waals surface area (Å²) >= 11 is 0. The Labute approximate surface area is 88.7 Å². The van der Waals surface area contributed by atoms with Gasteiger partial charge in [0.25, 0.3) is 0 Å². The summed E-state index contributed by atoms with van der Waals surface area (Å²) in [4.78, 5) is 13.1. The van der Waals surface area contributed by atoms with Gasteiger partial charge in [0.05, 0.1) is 0 Å². The third-order valence-corrected chi connectivity index (χ3v) is 2.11. The fourth-order valence-corrected chi connectivity index (χ4v) is 1.27. The molecule has 0 amide bonds. The normalized spacial score (nSPS) is 11.7. The van der Waals surface area contributed by atoms with Gasteiger partial charge in [0.1, 0.15) is 5.69 Å². The molecule has 1 aliphatic heterocycles. The van der Waals surface area contributed by atoms with Crippen LogP contribution in [0.25, 0.3) is 0 Å². The van der Waals surface area contributed by atoms with E-state index in [1.807, 2.05) is 11.7 Å². The zero-order valence-electron chi connectivity index (χ0n) is 9.07. The fraction of sp³-hybridized carbons (Fsp3) is 0.273. The number of nitrogens with two attached hydrogens (primary N) is 1. The van der Waals surface area contributed by atoms with Crippen LogP contribution in [0.1, 0.15) is 18.1 Å². The lowest BCUT2D eigenvalue weighted by Crippen LogP contribution is -2.74. The van der Waals surface area contributed by atoms with Gasteiger partial charge in [-0.1, -0.05) is 0 Å². The number of hydrogen-bond donors (Lipinski definition) is 1. The van der Waals surface area contributed by atoms with E-state index in [1.165, 1.54) is 16.8 Å². The number of carboxylic acid groups (broad SMARTS) is 1. The van der Waals surface area contributed by atoms with Crippen LogP contribution in [-0.2, 0) is 4.79 Å². The molecule has 0 saturated heterocycles. The second-order valence-corrected chi connectivity index (χ2v) is 3.43. The molecule has 4 heteroatoms. The van der Waals surface area contributed by atoms with Crippen molar-refractivity contribution in [3.8, 4) is 0 Å². The van der Waals surface area contributed by atoms with Gasteiger partial charge in [0, 0.05) is 12.0 Å². The zero-order valence-corrected chi connectivity index (χ0v) is 9.07. The topological polar surface area (TPSA) is 69.1 Å². The molecule has 0 aliphatic carbocycles. The maximum atomic E-state index is 8.89. The lowest BCUT2D eigenvalue weighted by molar-refractivity contribution is -0.427. The van der Waals surface area contributed by atoms with Crippen LogP contribution in [0.15, 0.2) is 17.1 Å². The minimum Gasteiger partial charge on any atom is -0.550 e. The van der Waals surface area contributed by atoms with Crippen LogP contribution < -0.4 is 10.4 Å². The molecule has 0 radical (unpaired) electrons. The number of aliphatic carboxylic acids is 1. The van der Waals surface area contributed by atoms with Crippen molar-refractivity contribution in [2.24, 2.45) is 4.99 Å². The molecule has 1 aromatic rings. The largest absolute Gasteiger partial charge is 0.550 e. The predicted octanol–water partition coefficient (Wildman–Crippen LogP) is -0.0721. The highest BCUT2D eigenvalue weighted by Gasteiger charge is 2.11. The van der Waals surface area contributed by atoms with Crippen LogP contribution >= 0.6 is 0 Å². The third kappa shape index (κ3) is 3.18. The first kappa shape index (κ1) is 11.4. The average molecular weight is 206 g/mol. The molecule has 1 heterocycles.